The van der Waals surface area contributed by atoms with E-state index >= 15 is 0 Å². The number of Topliss-reactive ketones (excluding diaryl/α,β-unsaturated/α-hetero) is 1. The zero-order valence-electron chi connectivity index (χ0n) is 15.5. The molecule has 1 saturated carbocycles. The Morgan fingerprint density at radius 1 is 1.00 bits per heavy atom. The maximum Gasteiger partial charge on any atom is 0.287 e. The van der Waals surface area contributed by atoms with Gasteiger partial charge in [0.15, 0.2) is 0 Å². The first-order valence-electron chi connectivity index (χ1n) is 9.56. The van der Waals surface area contributed by atoms with Gasteiger partial charge in [0.05, 0.1) is 0 Å². The highest BCUT2D eigenvalue weighted by atomic mass is 16.2. The van der Waals surface area contributed by atoms with Gasteiger partial charge in [-0.2, -0.15) is 0 Å². The summed E-state index contributed by atoms with van der Waals surface area (Å²) in [5.41, 5.74) is 5.97. The van der Waals surface area contributed by atoms with Crippen molar-refractivity contribution in [3.63, 3.8) is 0 Å². The third kappa shape index (κ3) is 3.15. The number of ketones is 1. The van der Waals surface area contributed by atoms with Gasteiger partial charge < -0.3 is 16.0 Å². The molecule has 2 aliphatic rings. The molecule has 1 aliphatic carbocycles. The summed E-state index contributed by atoms with van der Waals surface area (Å²) in [5, 5.41) is 2.91. The number of nitrogens with one attached hydrogen (secondary N) is 1. The number of para-hydroxylation sites is 1. The molecule has 144 valence electrons. The van der Waals surface area contributed by atoms with Crippen molar-refractivity contribution in [1.29, 1.82) is 0 Å². The molecule has 2 fully saturated rings. The Bertz CT molecular complexity index is 900. The van der Waals surface area contributed by atoms with Crippen LogP contribution in [0, 0.1) is 0 Å². The molecule has 6 heteroatoms. The van der Waals surface area contributed by atoms with Gasteiger partial charge in [-0.1, -0.05) is 48.5 Å². The number of carbonyl (C=O) groups excluding carboxylic acids is 3. The van der Waals surface area contributed by atoms with Gasteiger partial charge in [-0.15, -0.1) is 0 Å². The van der Waals surface area contributed by atoms with Crippen molar-refractivity contribution < 1.29 is 14.4 Å². The molecule has 3 atom stereocenters. The topological polar surface area (TPSA) is 92.5 Å². The fraction of sp³-hybridized carbons (Fsp3) is 0.318. The first-order valence-corrected chi connectivity index (χ1v) is 9.56. The van der Waals surface area contributed by atoms with Gasteiger partial charge in [-0.05, 0) is 37.0 Å². The van der Waals surface area contributed by atoms with Crippen LogP contribution >= 0.6 is 0 Å². The predicted molar refractivity (Wildman–Crippen MR) is 106 cm³/mol. The minimum atomic E-state index is -1.23. The zero-order chi connectivity index (χ0) is 19.7. The summed E-state index contributed by atoms with van der Waals surface area (Å²) in [7, 11) is 0. The molecule has 3 N–H and O–H groups in total. The molecular formula is C22H23N3O3. The second-order valence-electron chi connectivity index (χ2n) is 7.51. The number of rotatable bonds is 6. The molecule has 1 unspecified atom stereocenters. The molecule has 4 rings (SSSR count). The summed E-state index contributed by atoms with van der Waals surface area (Å²) >= 11 is 0. The molecule has 1 aliphatic heterocycles. The van der Waals surface area contributed by atoms with E-state index in [1.54, 1.807) is 0 Å². The lowest BCUT2D eigenvalue weighted by atomic mass is 10.0. The number of nitrogens with zero attached hydrogens (tertiary/aromatic N) is 1. The third-order valence-electron chi connectivity index (χ3n) is 5.78. The number of anilines is 1. The van der Waals surface area contributed by atoms with Gasteiger partial charge >= 0.3 is 0 Å². The number of carbonyl (C=O) groups is 3. The zero-order valence-corrected chi connectivity index (χ0v) is 15.5. The molecular weight excluding hydrogens is 354 g/mol. The highest BCUT2D eigenvalue weighted by Crippen LogP contribution is 2.52. The van der Waals surface area contributed by atoms with Crippen LogP contribution in [0.15, 0.2) is 60.7 Å². The van der Waals surface area contributed by atoms with Gasteiger partial charge in [-0.25, -0.2) is 0 Å². The Hall–Kier alpha value is -3.15. The van der Waals surface area contributed by atoms with Crippen molar-refractivity contribution in [2.45, 2.75) is 36.8 Å². The van der Waals surface area contributed by atoms with E-state index in [1.165, 1.54) is 0 Å². The van der Waals surface area contributed by atoms with Crippen LogP contribution in [0.2, 0.25) is 0 Å². The average Bonchev–Trinajstić information content (AvgIpc) is 3.22. The van der Waals surface area contributed by atoms with Crippen LogP contribution in [0.1, 0.15) is 30.7 Å². The summed E-state index contributed by atoms with van der Waals surface area (Å²) in [6, 6.07) is 18.8. The van der Waals surface area contributed by atoms with Crippen LogP contribution < -0.4 is 16.0 Å². The standard InChI is InChI=1S/C22H23N3O3/c23-20(27)19(26)22(14-17(22)15-8-3-1-4-9-15)24-21(28)18-12-7-13-25(18)16-10-5-2-6-11-16/h1-6,8-11,17-18H,7,12-14H2,(H2,23,27)(H,24,28)/t17?,18-,22+/m0/s1. The maximum atomic E-state index is 13.1. The minimum absolute atomic E-state index is 0.227. The van der Waals surface area contributed by atoms with Crippen molar-refractivity contribution in [1.82, 2.24) is 5.32 Å². The summed E-state index contributed by atoms with van der Waals surface area (Å²) in [6.45, 7) is 0.779. The van der Waals surface area contributed by atoms with E-state index in [1.807, 2.05) is 60.7 Å². The highest BCUT2D eigenvalue weighted by Gasteiger charge is 2.63. The van der Waals surface area contributed by atoms with Gasteiger partial charge in [0.1, 0.15) is 11.6 Å². The number of nitrogens with two attached hydrogens (primary N) is 1. The summed E-state index contributed by atoms with van der Waals surface area (Å²) in [6.07, 6.45) is 1.99. The first-order chi connectivity index (χ1) is 13.5. The SMILES string of the molecule is NC(=O)C(=O)[C@@]1(NC(=O)[C@@H]2CCCN2c2ccccc2)CC1c1ccccc1. The number of hydrogen-bond donors (Lipinski definition) is 2. The molecule has 1 saturated heterocycles. The molecule has 0 spiro atoms. The van der Waals surface area contributed by atoms with Gasteiger partial charge in [0.2, 0.25) is 11.7 Å². The maximum absolute atomic E-state index is 13.1. The lowest BCUT2D eigenvalue weighted by Crippen LogP contribution is -2.54. The third-order valence-corrected chi connectivity index (χ3v) is 5.78. The molecule has 0 radical (unpaired) electrons. The fourth-order valence-corrected chi connectivity index (χ4v) is 4.29. The van der Waals surface area contributed by atoms with Crippen molar-refractivity contribution in [3.8, 4) is 0 Å². The fourth-order valence-electron chi connectivity index (χ4n) is 4.29. The Morgan fingerprint density at radius 3 is 2.29 bits per heavy atom. The molecule has 28 heavy (non-hydrogen) atoms. The van der Waals surface area contributed by atoms with E-state index in [4.69, 9.17) is 5.73 Å². The van der Waals surface area contributed by atoms with Crippen molar-refractivity contribution in [3.05, 3.63) is 66.2 Å². The van der Waals surface area contributed by atoms with E-state index in [2.05, 4.69) is 10.2 Å². The van der Waals surface area contributed by atoms with E-state index in [0.717, 1.165) is 24.2 Å². The molecule has 0 aromatic heterocycles. The molecule has 0 bridgehead atoms. The predicted octanol–water partition coefficient (Wildman–Crippen LogP) is 1.75. The smallest absolute Gasteiger partial charge is 0.287 e. The molecule has 2 aromatic rings. The molecule has 2 amide bonds. The Labute approximate surface area is 163 Å². The Kier molecular flexibility index (Phi) is 4.63. The van der Waals surface area contributed by atoms with Gasteiger partial charge in [0, 0.05) is 18.2 Å². The van der Waals surface area contributed by atoms with E-state index in [0.29, 0.717) is 12.8 Å². The van der Waals surface area contributed by atoms with Crippen molar-refractivity contribution in [2.75, 3.05) is 11.4 Å². The van der Waals surface area contributed by atoms with E-state index < -0.39 is 17.2 Å². The molecule has 2 aromatic carbocycles. The first kappa shape index (κ1) is 18.2. The van der Waals surface area contributed by atoms with E-state index in [-0.39, 0.29) is 17.9 Å². The van der Waals surface area contributed by atoms with Crippen LogP contribution in [0.25, 0.3) is 0 Å². The number of benzene rings is 2. The Balaban J connectivity index is 1.57. The minimum Gasteiger partial charge on any atom is -0.363 e. The largest absolute Gasteiger partial charge is 0.363 e. The van der Waals surface area contributed by atoms with Crippen LogP contribution in [-0.4, -0.2) is 35.7 Å². The van der Waals surface area contributed by atoms with Crippen molar-refractivity contribution >= 4 is 23.3 Å². The number of amides is 2. The molecule has 6 nitrogen and oxygen atoms in total. The van der Waals surface area contributed by atoms with Crippen molar-refractivity contribution in [2.24, 2.45) is 5.73 Å². The lowest BCUT2D eigenvalue weighted by Gasteiger charge is -2.28. The average molecular weight is 377 g/mol. The summed E-state index contributed by atoms with van der Waals surface area (Å²) in [4.78, 5) is 39.5. The van der Waals surface area contributed by atoms with Gasteiger partial charge in [-0.3, -0.25) is 14.4 Å². The van der Waals surface area contributed by atoms with Crippen LogP contribution in [0.5, 0.6) is 0 Å². The van der Waals surface area contributed by atoms with Crippen LogP contribution in [-0.2, 0) is 14.4 Å². The normalized spacial score (nSPS) is 25.9. The van der Waals surface area contributed by atoms with E-state index in [9.17, 15) is 14.4 Å². The van der Waals surface area contributed by atoms with Crippen LogP contribution in [0.4, 0.5) is 5.69 Å². The summed E-state index contributed by atoms with van der Waals surface area (Å²) in [5.74, 6) is -2.19. The van der Waals surface area contributed by atoms with Crippen LogP contribution in [0.3, 0.4) is 0 Å². The highest BCUT2D eigenvalue weighted by molar-refractivity contribution is 6.40. The Morgan fingerprint density at radius 2 is 1.64 bits per heavy atom. The quantitative estimate of drug-likeness (QED) is 0.750. The monoisotopic (exact) mass is 377 g/mol. The molecule has 1 heterocycles. The van der Waals surface area contributed by atoms with Gasteiger partial charge in [0.25, 0.3) is 5.91 Å². The number of primary amides is 1. The second-order valence-corrected chi connectivity index (χ2v) is 7.51. The second kappa shape index (κ2) is 7.11. The lowest BCUT2D eigenvalue weighted by molar-refractivity contribution is -0.139. The summed E-state index contributed by atoms with van der Waals surface area (Å²) < 4.78 is 0. The number of hydrogen-bond acceptors (Lipinski definition) is 4.